The number of hydrogen-bond donors (Lipinski definition) is 1. The van der Waals surface area contributed by atoms with Gasteiger partial charge in [-0.15, -0.1) is 0 Å². The van der Waals surface area contributed by atoms with Crippen LogP contribution in [0.5, 0.6) is 0 Å². The van der Waals surface area contributed by atoms with Gasteiger partial charge in [-0.3, -0.25) is 0 Å². The van der Waals surface area contributed by atoms with E-state index < -0.39 is 17.2 Å². The summed E-state index contributed by atoms with van der Waals surface area (Å²) in [6.45, 7) is 0.923. The molecule has 0 radical (unpaired) electrons. The van der Waals surface area contributed by atoms with Gasteiger partial charge in [0.05, 0.1) is 18.8 Å². The highest BCUT2D eigenvalue weighted by Crippen LogP contribution is 2.28. The molecule has 1 aromatic heterocycles. The number of nitrogens with one attached hydrogen (secondary N) is 1. The predicted molar refractivity (Wildman–Crippen MR) is 67.1 cm³/mol. The second-order valence-electron chi connectivity index (χ2n) is 4.56. The maximum atomic E-state index is 13.7. The van der Waals surface area contributed by atoms with Gasteiger partial charge in [-0.05, 0) is 11.6 Å². The lowest BCUT2D eigenvalue weighted by Gasteiger charge is -2.42. The fourth-order valence-electron chi connectivity index (χ4n) is 2.05. The number of benzene rings is 1. The van der Waals surface area contributed by atoms with Crippen LogP contribution in [0, 0.1) is 11.6 Å². The van der Waals surface area contributed by atoms with Gasteiger partial charge in [0.1, 0.15) is 18.0 Å². The van der Waals surface area contributed by atoms with Crippen molar-refractivity contribution in [1.29, 1.82) is 0 Å². The van der Waals surface area contributed by atoms with E-state index in [1.807, 2.05) is 0 Å². The zero-order valence-electron chi connectivity index (χ0n) is 9.90. The number of anilines is 1. The average Bonchev–Trinajstić information content (AvgIpc) is 2.82. The molecule has 0 saturated carbocycles. The molecule has 1 saturated heterocycles. The molecule has 0 atom stereocenters. The molecule has 0 amide bonds. The zero-order chi connectivity index (χ0) is 13.3. The molecule has 1 fully saturated rings. The van der Waals surface area contributed by atoms with Gasteiger partial charge < -0.3 is 10.1 Å². The minimum Gasteiger partial charge on any atom is -0.376 e. The molecule has 0 unspecified atom stereocenters. The van der Waals surface area contributed by atoms with E-state index in [9.17, 15) is 8.78 Å². The molecule has 3 rings (SSSR count). The maximum Gasteiger partial charge on any atom is 0.202 e. The second-order valence-corrected chi connectivity index (χ2v) is 5.34. The van der Waals surface area contributed by atoms with Crippen LogP contribution in [0.3, 0.4) is 0 Å². The van der Waals surface area contributed by atoms with Gasteiger partial charge in [-0.25, -0.2) is 13.8 Å². The lowest BCUT2D eigenvalue weighted by molar-refractivity contribution is -0.0414. The Morgan fingerprint density at radius 3 is 2.79 bits per heavy atom. The SMILES string of the molecule is Fc1ccc(CC2(Nc3ncns3)COC2)c(F)c1. The Kier molecular flexibility index (Phi) is 3.16. The lowest BCUT2D eigenvalue weighted by atomic mass is 9.89. The third-order valence-electron chi connectivity index (χ3n) is 3.03. The molecule has 1 aliphatic rings. The van der Waals surface area contributed by atoms with Gasteiger partial charge in [-0.2, -0.15) is 4.37 Å². The van der Waals surface area contributed by atoms with Gasteiger partial charge in [0.2, 0.25) is 5.13 Å². The molecule has 1 N–H and O–H groups in total. The summed E-state index contributed by atoms with van der Waals surface area (Å²) in [5.74, 6) is -1.11. The van der Waals surface area contributed by atoms with E-state index in [-0.39, 0.29) is 0 Å². The number of ether oxygens (including phenoxy) is 1. The van der Waals surface area contributed by atoms with Crippen LogP contribution in [0.4, 0.5) is 13.9 Å². The summed E-state index contributed by atoms with van der Waals surface area (Å²) < 4.78 is 35.7. The van der Waals surface area contributed by atoms with E-state index >= 15 is 0 Å². The van der Waals surface area contributed by atoms with Crippen molar-refractivity contribution in [3.8, 4) is 0 Å². The Balaban J connectivity index is 1.79. The predicted octanol–water partition coefficient (Wildman–Crippen LogP) is 2.24. The third-order valence-corrected chi connectivity index (χ3v) is 3.61. The van der Waals surface area contributed by atoms with Crippen molar-refractivity contribution in [2.45, 2.75) is 12.0 Å². The number of hydrogen-bond acceptors (Lipinski definition) is 5. The molecule has 7 heteroatoms. The highest BCUT2D eigenvalue weighted by Gasteiger charge is 2.40. The van der Waals surface area contributed by atoms with E-state index in [0.717, 1.165) is 6.07 Å². The summed E-state index contributed by atoms with van der Waals surface area (Å²) in [5, 5.41) is 3.89. The molecule has 1 aromatic carbocycles. The largest absolute Gasteiger partial charge is 0.376 e. The topological polar surface area (TPSA) is 47.0 Å². The Bertz CT molecular complexity index is 572. The normalized spacial score (nSPS) is 16.9. The molecular formula is C12H11F2N3OS. The van der Waals surface area contributed by atoms with Gasteiger partial charge in [-0.1, -0.05) is 6.07 Å². The fraction of sp³-hybridized carbons (Fsp3) is 0.333. The molecule has 2 aromatic rings. The minimum absolute atomic E-state index is 0.391. The van der Waals surface area contributed by atoms with E-state index in [2.05, 4.69) is 14.7 Å². The summed E-state index contributed by atoms with van der Waals surface area (Å²) in [6.07, 6.45) is 1.87. The van der Waals surface area contributed by atoms with Crippen LogP contribution in [0.15, 0.2) is 24.5 Å². The molecule has 1 aliphatic heterocycles. The van der Waals surface area contributed by atoms with Gasteiger partial charge >= 0.3 is 0 Å². The van der Waals surface area contributed by atoms with Crippen LogP contribution in [0.25, 0.3) is 0 Å². The molecule has 4 nitrogen and oxygen atoms in total. The Hall–Kier alpha value is -1.60. The monoisotopic (exact) mass is 283 g/mol. The van der Waals surface area contributed by atoms with E-state index in [1.54, 1.807) is 0 Å². The molecule has 2 heterocycles. The standard InChI is InChI=1S/C12H11F2N3OS/c13-9-2-1-8(10(14)3-9)4-12(5-18-6-12)17-11-15-7-16-19-11/h1-3,7H,4-6H2,(H,15,16,17). The van der Waals surface area contributed by atoms with Gasteiger partial charge in [0.25, 0.3) is 0 Å². The minimum atomic E-state index is -0.572. The van der Waals surface area contributed by atoms with Gasteiger partial charge in [0, 0.05) is 24.0 Å². The van der Waals surface area contributed by atoms with Crippen LogP contribution in [-0.2, 0) is 11.2 Å². The smallest absolute Gasteiger partial charge is 0.202 e. The maximum absolute atomic E-state index is 13.7. The van der Waals surface area contributed by atoms with Crippen LogP contribution < -0.4 is 5.32 Å². The first-order valence-electron chi connectivity index (χ1n) is 5.73. The summed E-state index contributed by atoms with van der Waals surface area (Å²) in [5.41, 5.74) is 0.0692. The molecular weight excluding hydrogens is 272 g/mol. The lowest BCUT2D eigenvalue weighted by Crippen LogP contribution is -2.57. The van der Waals surface area contributed by atoms with E-state index in [0.29, 0.717) is 30.3 Å². The van der Waals surface area contributed by atoms with Crippen molar-refractivity contribution >= 4 is 16.7 Å². The zero-order valence-corrected chi connectivity index (χ0v) is 10.7. The summed E-state index contributed by atoms with van der Waals surface area (Å²) in [7, 11) is 0. The molecule has 100 valence electrons. The molecule has 0 bridgehead atoms. The fourth-order valence-corrected chi connectivity index (χ4v) is 2.60. The molecule has 0 aliphatic carbocycles. The summed E-state index contributed by atoms with van der Waals surface area (Å²) in [6, 6.07) is 3.62. The van der Waals surface area contributed by atoms with E-state index in [4.69, 9.17) is 4.74 Å². The van der Waals surface area contributed by atoms with E-state index in [1.165, 1.54) is 30.0 Å². The van der Waals surface area contributed by atoms with Crippen molar-refractivity contribution < 1.29 is 13.5 Å². The van der Waals surface area contributed by atoms with Crippen LogP contribution in [0.2, 0.25) is 0 Å². The third kappa shape index (κ3) is 2.57. The van der Waals surface area contributed by atoms with Crippen LogP contribution in [0.1, 0.15) is 5.56 Å². The first-order valence-corrected chi connectivity index (χ1v) is 6.51. The highest BCUT2D eigenvalue weighted by atomic mass is 32.1. The number of nitrogens with zero attached hydrogens (tertiary/aromatic N) is 2. The van der Waals surface area contributed by atoms with Gasteiger partial charge in [0.15, 0.2) is 0 Å². The Labute approximate surface area is 112 Å². The number of rotatable bonds is 4. The van der Waals surface area contributed by atoms with Crippen molar-refractivity contribution in [2.24, 2.45) is 0 Å². The van der Waals surface area contributed by atoms with Crippen LogP contribution in [-0.4, -0.2) is 28.1 Å². The number of aromatic nitrogens is 2. The van der Waals surface area contributed by atoms with Crippen molar-refractivity contribution in [1.82, 2.24) is 9.36 Å². The average molecular weight is 283 g/mol. The highest BCUT2D eigenvalue weighted by molar-refractivity contribution is 7.09. The number of halogens is 2. The first-order chi connectivity index (χ1) is 9.17. The molecule has 0 spiro atoms. The summed E-state index contributed by atoms with van der Waals surface area (Å²) in [4.78, 5) is 4.05. The van der Waals surface area contributed by atoms with Crippen molar-refractivity contribution in [3.63, 3.8) is 0 Å². The summed E-state index contributed by atoms with van der Waals surface area (Å²) >= 11 is 1.23. The second kappa shape index (κ2) is 4.82. The Morgan fingerprint density at radius 2 is 2.21 bits per heavy atom. The van der Waals surface area contributed by atoms with Crippen LogP contribution >= 0.6 is 11.5 Å². The van der Waals surface area contributed by atoms with Crippen molar-refractivity contribution in [2.75, 3.05) is 18.5 Å². The first kappa shape index (κ1) is 12.4. The quantitative estimate of drug-likeness (QED) is 0.935. The van der Waals surface area contributed by atoms with Crippen molar-refractivity contribution in [3.05, 3.63) is 41.7 Å². The molecule has 19 heavy (non-hydrogen) atoms. The Morgan fingerprint density at radius 1 is 1.37 bits per heavy atom.